The number of imide groups is 1. The molecule has 0 radical (unpaired) electrons. The van der Waals surface area contributed by atoms with E-state index in [0.29, 0.717) is 29.6 Å². The van der Waals surface area contributed by atoms with Crippen molar-refractivity contribution in [2.45, 2.75) is 25.7 Å². The molecule has 2 heterocycles. The minimum Gasteiger partial charge on any atom is -0.371 e. The predicted octanol–water partition coefficient (Wildman–Crippen LogP) is 2.59. The summed E-state index contributed by atoms with van der Waals surface area (Å²) in [4.78, 5) is 37.5. The first-order chi connectivity index (χ1) is 11.6. The Morgan fingerprint density at radius 1 is 1.21 bits per heavy atom. The number of rotatable bonds is 4. The fourth-order valence-corrected chi connectivity index (χ4v) is 3.55. The molecule has 0 unspecified atom stereocenters. The molecule has 128 valence electrons. The van der Waals surface area contributed by atoms with Crippen molar-refractivity contribution in [1.29, 1.82) is 0 Å². The summed E-state index contributed by atoms with van der Waals surface area (Å²) in [5, 5.41) is 2.79. The Morgan fingerprint density at radius 2 is 1.96 bits per heavy atom. The highest BCUT2D eigenvalue weighted by atomic mass is 35.5. The van der Waals surface area contributed by atoms with Gasteiger partial charge in [0.25, 0.3) is 0 Å². The SMILES string of the molecule is O=CCC1CCN(c2ccc(N3CCC(=O)NC3=O)c(Cl)c2)CC1. The summed E-state index contributed by atoms with van der Waals surface area (Å²) in [7, 11) is 0. The van der Waals surface area contributed by atoms with E-state index in [1.54, 1.807) is 0 Å². The lowest BCUT2D eigenvalue weighted by Crippen LogP contribution is -2.49. The third-order valence-electron chi connectivity index (χ3n) is 4.69. The van der Waals surface area contributed by atoms with Crippen molar-refractivity contribution < 1.29 is 14.4 Å². The zero-order valence-corrected chi connectivity index (χ0v) is 14.1. The zero-order chi connectivity index (χ0) is 17.1. The predicted molar refractivity (Wildman–Crippen MR) is 92.6 cm³/mol. The van der Waals surface area contributed by atoms with E-state index < -0.39 is 6.03 Å². The lowest BCUT2D eigenvalue weighted by molar-refractivity contribution is -0.120. The summed E-state index contributed by atoms with van der Waals surface area (Å²) in [6.45, 7) is 2.13. The van der Waals surface area contributed by atoms with Gasteiger partial charge in [0.2, 0.25) is 5.91 Å². The van der Waals surface area contributed by atoms with Crippen LogP contribution in [0.25, 0.3) is 0 Å². The monoisotopic (exact) mass is 349 g/mol. The van der Waals surface area contributed by atoms with Gasteiger partial charge in [0, 0.05) is 38.2 Å². The van der Waals surface area contributed by atoms with Crippen molar-refractivity contribution in [3.8, 4) is 0 Å². The number of benzene rings is 1. The van der Waals surface area contributed by atoms with Crippen molar-refractivity contribution in [2.75, 3.05) is 29.4 Å². The number of amides is 3. The van der Waals surface area contributed by atoms with Gasteiger partial charge in [-0.25, -0.2) is 4.79 Å². The van der Waals surface area contributed by atoms with Gasteiger partial charge in [-0.3, -0.25) is 15.0 Å². The number of aldehydes is 1. The lowest BCUT2D eigenvalue weighted by atomic mass is 9.94. The molecule has 0 bridgehead atoms. The maximum Gasteiger partial charge on any atom is 0.328 e. The Hall–Kier alpha value is -2.08. The molecule has 0 spiro atoms. The molecule has 2 saturated heterocycles. The van der Waals surface area contributed by atoms with Crippen molar-refractivity contribution in [3.05, 3.63) is 23.2 Å². The van der Waals surface area contributed by atoms with Crippen LogP contribution in [0, 0.1) is 5.92 Å². The highest BCUT2D eigenvalue weighted by molar-refractivity contribution is 6.34. The van der Waals surface area contributed by atoms with Crippen LogP contribution >= 0.6 is 11.6 Å². The number of carbonyl (C=O) groups excluding carboxylic acids is 3. The molecule has 0 saturated carbocycles. The number of hydrogen-bond acceptors (Lipinski definition) is 4. The van der Waals surface area contributed by atoms with Crippen molar-refractivity contribution in [1.82, 2.24) is 5.32 Å². The second kappa shape index (κ2) is 7.21. The van der Waals surface area contributed by atoms with Crippen LogP contribution in [0.15, 0.2) is 18.2 Å². The molecule has 2 aliphatic heterocycles. The van der Waals surface area contributed by atoms with Crippen molar-refractivity contribution >= 4 is 41.2 Å². The van der Waals surface area contributed by atoms with Gasteiger partial charge >= 0.3 is 6.03 Å². The number of nitrogens with one attached hydrogen (secondary N) is 1. The Kier molecular flexibility index (Phi) is 5.04. The fraction of sp³-hybridized carbons (Fsp3) is 0.471. The third kappa shape index (κ3) is 3.53. The second-order valence-electron chi connectivity index (χ2n) is 6.22. The number of anilines is 2. The number of nitrogens with zero attached hydrogens (tertiary/aromatic N) is 2. The number of carbonyl (C=O) groups is 3. The van der Waals surface area contributed by atoms with Gasteiger partial charge in [-0.05, 0) is 37.0 Å². The molecule has 1 aromatic rings. The average Bonchev–Trinajstić information content (AvgIpc) is 2.56. The van der Waals surface area contributed by atoms with Crippen LogP contribution in [0.3, 0.4) is 0 Å². The smallest absolute Gasteiger partial charge is 0.328 e. The fourth-order valence-electron chi connectivity index (χ4n) is 3.27. The van der Waals surface area contributed by atoms with E-state index in [4.69, 9.17) is 11.6 Å². The van der Waals surface area contributed by atoms with Gasteiger partial charge in [-0.2, -0.15) is 0 Å². The van der Waals surface area contributed by atoms with Crippen LogP contribution in [-0.2, 0) is 9.59 Å². The van der Waals surface area contributed by atoms with E-state index in [9.17, 15) is 14.4 Å². The minimum absolute atomic E-state index is 0.262. The highest BCUT2D eigenvalue weighted by Gasteiger charge is 2.26. The number of urea groups is 1. The molecule has 6 nitrogen and oxygen atoms in total. The van der Waals surface area contributed by atoms with E-state index in [1.165, 1.54) is 4.90 Å². The topological polar surface area (TPSA) is 69.7 Å². The first kappa shape index (κ1) is 16.8. The molecule has 2 fully saturated rings. The molecule has 1 N–H and O–H groups in total. The first-order valence-electron chi connectivity index (χ1n) is 8.18. The molecule has 2 aliphatic rings. The largest absolute Gasteiger partial charge is 0.371 e. The Morgan fingerprint density at radius 3 is 2.58 bits per heavy atom. The Labute approximate surface area is 145 Å². The summed E-state index contributed by atoms with van der Waals surface area (Å²) < 4.78 is 0. The summed E-state index contributed by atoms with van der Waals surface area (Å²) in [6, 6.07) is 5.20. The van der Waals surface area contributed by atoms with Gasteiger partial charge in [0.15, 0.2) is 0 Å². The van der Waals surface area contributed by atoms with Gasteiger partial charge in [0.1, 0.15) is 6.29 Å². The summed E-state index contributed by atoms with van der Waals surface area (Å²) in [5.41, 5.74) is 1.63. The number of halogens is 1. The molecular formula is C17H20ClN3O3. The molecular weight excluding hydrogens is 330 g/mol. The van der Waals surface area contributed by atoms with E-state index >= 15 is 0 Å². The molecule has 0 atom stereocenters. The average molecular weight is 350 g/mol. The normalized spacial score (nSPS) is 19.4. The third-order valence-corrected chi connectivity index (χ3v) is 4.99. The molecule has 3 amide bonds. The van der Waals surface area contributed by atoms with Gasteiger partial charge in [-0.1, -0.05) is 11.6 Å². The van der Waals surface area contributed by atoms with Crippen LogP contribution in [0.2, 0.25) is 5.02 Å². The second-order valence-corrected chi connectivity index (χ2v) is 6.63. The van der Waals surface area contributed by atoms with E-state index in [2.05, 4.69) is 10.2 Å². The number of hydrogen-bond donors (Lipinski definition) is 1. The first-order valence-corrected chi connectivity index (χ1v) is 8.55. The summed E-state index contributed by atoms with van der Waals surface area (Å²) in [6.07, 6.45) is 3.90. The maximum absolute atomic E-state index is 11.9. The number of piperidine rings is 1. The molecule has 24 heavy (non-hydrogen) atoms. The maximum atomic E-state index is 11.9. The van der Waals surface area contributed by atoms with E-state index in [1.807, 2.05) is 18.2 Å². The highest BCUT2D eigenvalue weighted by Crippen LogP contribution is 2.33. The van der Waals surface area contributed by atoms with Crippen LogP contribution < -0.4 is 15.1 Å². The van der Waals surface area contributed by atoms with E-state index in [0.717, 1.165) is 37.9 Å². The standard InChI is InChI=1S/C17H20ClN3O3/c18-14-11-13(20-7-3-12(4-8-20)6-10-22)1-2-15(14)21-9-5-16(23)19-17(21)24/h1-2,10-12H,3-9H2,(H,19,23,24). The Balaban J connectivity index is 1.70. The Bertz CT molecular complexity index is 656. The van der Waals surface area contributed by atoms with Crippen LogP contribution in [-0.4, -0.2) is 37.9 Å². The van der Waals surface area contributed by atoms with Gasteiger partial charge < -0.3 is 9.69 Å². The van der Waals surface area contributed by atoms with Crippen molar-refractivity contribution in [2.24, 2.45) is 5.92 Å². The van der Waals surface area contributed by atoms with Crippen molar-refractivity contribution in [3.63, 3.8) is 0 Å². The van der Waals surface area contributed by atoms with Crippen LogP contribution in [0.4, 0.5) is 16.2 Å². The molecule has 0 aromatic heterocycles. The lowest BCUT2D eigenvalue weighted by Gasteiger charge is -2.34. The van der Waals surface area contributed by atoms with Gasteiger partial charge in [0.05, 0.1) is 10.7 Å². The van der Waals surface area contributed by atoms with Crippen LogP contribution in [0.1, 0.15) is 25.7 Å². The quantitative estimate of drug-likeness (QED) is 0.848. The molecule has 3 rings (SSSR count). The van der Waals surface area contributed by atoms with E-state index in [-0.39, 0.29) is 12.3 Å². The molecule has 0 aliphatic carbocycles. The minimum atomic E-state index is -0.435. The summed E-state index contributed by atoms with van der Waals surface area (Å²) in [5.74, 6) is 0.213. The summed E-state index contributed by atoms with van der Waals surface area (Å²) >= 11 is 6.38. The van der Waals surface area contributed by atoms with Gasteiger partial charge in [-0.15, -0.1) is 0 Å². The molecule has 7 heteroatoms. The molecule has 1 aromatic carbocycles. The zero-order valence-electron chi connectivity index (χ0n) is 13.3. The van der Waals surface area contributed by atoms with Crippen LogP contribution in [0.5, 0.6) is 0 Å².